The van der Waals surface area contributed by atoms with Crippen LogP contribution in [-0.4, -0.2) is 38.3 Å². The number of carbonyl (C=O) groups excluding carboxylic acids is 1. The summed E-state index contributed by atoms with van der Waals surface area (Å²) in [5.41, 5.74) is 1.73. The maximum absolute atomic E-state index is 12.7. The minimum atomic E-state index is -3.48. The first-order valence-corrected chi connectivity index (χ1v) is 10.7. The number of nitrogens with zero attached hydrogens (tertiary/aromatic N) is 2. The molecule has 134 valence electrons. The van der Waals surface area contributed by atoms with Gasteiger partial charge in [-0.05, 0) is 49.2 Å². The molecule has 3 rings (SSSR count). The average molecular weight is 379 g/mol. The molecule has 0 unspecified atom stereocenters. The van der Waals surface area contributed by atoms with Crippen LogP contribution in [0.15, 0.2) is 35.2 Å². The summed E-state index contributed by atoms with van der Waals surface area (Å²) in [6.45, 7) is 7.11. The third-order valence-electron chi connectivity index (χ3n) is 4.49. The molecule has 2 aromatic rings. The monoisotopic (exact) mass is 378 g/mol. The number of aryl methyl sites for hydroxylation is 1. The van der Waals surface area contributed by atoms with E-state index in [9.17, 15) is 13.2 Å². The topological polar surface area (TPSA) is 57.7 Å². The SMILES string of the molecule is CCN(CC)S(=O)(=O)c1ccc2c(c1)CCN2C(=O)c1ccc(C)s1. The van der Waals surface area contributed by atoms with Crippen LogP contribution >= 0.6 is 11.3 Å². The van der Waals surface area contributed by atoms with Crippen molar-refractivity contribution in [3.05, 3.63) is 45.6 Å². The lowest BCUT2D eigenvalue weighted by molar-refractivity contribution is 0.0993. The van der Waals surface area contributed by atoms with E-state index in [4.69, 9.17) is 0 Å². The molecule has 0 saturated carbocycles. The van der Waals surface area contributed by atoms with Crippen LogP contribution in [0.1, 0.15) is 34.0 Å². The van der Waals surface area contributed by atoms with Gasteiger partial charge in [-0.3, -0.25) is 4.79 Å². The van der Waals surface area contributed by atoms with Gasteiger partial charge in [0.1, 0.15) is 0 Å². The van der Waals surface area contributed by atoms with Gasteiger partial charge in [0.05, 0.1) is 9.77 Å². The van der Waals surface area contributed by atoms with E-state index in [2.05, 4.69) is 0 Å². The number of sulfonamides is 1. The van der Waals surface area contributed by atoms with Crippen molar-refractivity contribution in [1.82, 2.24) is 4.31 Å². The van der Waals surface area contributed by atoms with Crippen molar-refractivity contribution in [2.75, 3.05) is 24.5 Å². The normalized spacial score (nSPS) is 14.2. The maximum Gasteiger partial charge on any atom is 0.268 e. The van der Waals surface area contributed by atoms with E-state index in [0.29, 0.717) is 35.8 Å². The Bertz CT molecular complexity index is 899. The molecule has 0 aliphatic carbocycles. The molecule has 7 heteroatoms. The van der Waals surface area contributed by atoms with E-state index < -0.39 is 10.0 Å². The Morgan fingerprint density at radius 1 is 1.20 bits per heavy atom. The standard InChI is InChI=1S/C18H22N2O3S2/c1-4-19(5-2)25(22,23)15-7-8-16-14(12-15)10-11-20(16)18(21)17-9-6-13(3)24-17/h6-9,12H,4-5,10-11H2,1-3H3. The fraction of sp³-hybridized carbons (Fsp3) is 0.389. The molecule has 0 N–H and O–H groups in total. The van der Waals surface area contributed by atoms with Crippen LogP contribution in [0.5, 0.6) is 0 Å². The highest BCUT2D eigenvalue weighted by Gasteiger charge is 2.29. The third-order valence-corrected chi connectivity index (χ3v) is 7.52. The summed E-state index contributed by atoms with van der Waals surface area (Å²) in [4.78, 5) is 16.6. The number of fused-ring (bicyclic) bond motifs is 1. The summed E-state index contributed by atoms with van der Waals surface area (Å²) in [5.74, 6) is -0.0174. The summed E-state index contributed by atoms with van der Waals surface area (Å²) >= 11 is 1.48. The molecule has 5 nitrogen and oxygen atoms in total. The predicted octanol–water partition coefficient (Wildman–Crippen LogP) is 3.29. The molecule has 0 atom stereocenters. The van der Waals surface area contributed by atoms with Crippen molar-refractivity contribution in [2.45, 2.75) is 32.1 Å². The fourth-order valence-corrected chi connectivity index (χ4v) is 5.47. The van der Waals surface area contributed by atoms with E-state index in [1.165, 1.54) is 15.6 Å². The Morgan fingerprint density at radius 2 is 1.92 bits per heavy atom. The van der Waals surface area contributed by atoms with Gasteiger partial charge in [-0.2, -0.15) is 4.31 Å². The highest BCUT2D eigenvalue weighted by atomic mass is 32.2. The van der Waals surface area contributed by atoms with Gasteiger partial charge >= 0.3 is 0 Å². The van der Waals surface area contributed by atoms with Crippen LogP contribution in [0.4, 0.5) is 5.69 Å². The van der Waals surface area contributed by atoms with Crippen LogP contribution in [0, 0.1) is 6.92 Å². The second kappa shape index (κ2) is 6.90. The van der Waals surface area contributed by atoms with Gasteiger partial charge in [-0.25, -0.2) is 8.42 Å². The molecule has 0 saturated heterocycles. The van der Waals surface area contributed by atoms with Crippen LogP contribution in [0.3, 0.4) is 0 Å². The van der Waals surface area contributed by atoms with E-state index >= 15 is 0 Å². The van der Waals surface area contributed by atoms with Crippen molar-refractivity contribution < 1.29 is 13.2 Å². The quantitative estimate of drug-likeness (QED) is 0.802. The Labute approximate surface area is 152 Å². The van der Waals surface area contributed by atoms with Crippen LogP contribution in [0.2, 0.25) is 0 Å². The molecule has 1 amide bonds. The zero-order valence-corrected chi connectivity index (χ0v) is 16.3. The average Bonchev–Trinajstić information content (AvgIpc) is 3.20. The summed E-state index contributed by atoms with van der Waals surface area (Å²) in [5, 5.41) is 0. The number of hydrogen-bond acceptors (Lipinski definition) is 4. The molecule has 1 aromatic heterocycles. The molecule has 2 heterocycles. The Balaban J connectivity index is 1.92. The molecule has 0 radical (unpaired) electrons. The van der Waals surface area contributed by atoms with Gasteiger partial charge in [0.15, 0.2) is 0 Å². The molecule has 0 bridgehead atoms. The van der Waals surface area contributed by atoms with Crippen molar-refractivity contribution in [3.8, 4) is 0 Å². The van der Waals surface area contributed by atoms with E-state index in [0.717, 1.165) is 16.1 Å². The zero-order chi connectivity index (χ0) is 18.2. The van der Waals surface area contributed by atoms with Crippen molar-refractivity contribution in [1.29, 1.82) is 0 Å². The summed E-state index contributed by atoms with van der Waals surface area (Å²) in [6, 6.07) is 8.87. The van der Waals surface area contributed by atoms with Gasteiger partial charge < -0.3 is 4.90 Å². The third kappa shape index (κ3) is 3.23. The molecule has 1 aliphatic rings. The molecule has 1 aliphatic heterocycles. The summed E-state index contributed by atoms with van der Waals surface area (Å²) in [6.07, 6.45) is 0.674. The van der Waals surface area contributed by atoms with Crippen LogP contribution in [0.25, 0.3) is 0 Å². The van der Waals surface area contributed by atoms with Crippen LogP contribution in [-0.2, 0) is 16.4 Å². The molecule has 1 aromatic carbocycles. The van der Waals surface area contributed by atoms with Gasteiger partial charge in [0, 0.05) is 30.2 Å². The zero-order valence-electron chi connectivity index (χ0n) is 14.7. The highest BCUT2D eigenvalue weighted by molar-refractivity contribution is 7.89. The minimum absolute atomic E-state index is 0.0174. The minimum Gasteiger partial charge on any atom is -0.307 e. The number of thiophene rings is 1. The summed E-state index contributed by atoms with van der Waals surface area (Å²) < 4.78 is 26.8. The van der Waals surface area contributed by atoms with E-state index in [1.807, 2.05) is 32.9 Å². The number of hydrogen-bond donors (Lipinski definition) is 0. The first kappa shape index (κ1) is 18.1. The number of carbonyl (C=O) groups is 1. The number of rotatable bonds is 5. The van der Waals surface area contributed by atoms with E-state index in [-0.39, 0.29) is 5.91 Å². The maximum atomic E-state index is 12.7. The lowest BCUT2D eigenvalue weighted by Gasteiger charge is -2.20. The number of amides is 1. The second-order valence-corrected chi connectivity index (χ2v) is 9.22. The highest BCUT2D eigenvalue weighted by Crippen LogP contribution is 2.33. The smallest absolute Gasteiger partial charge is 0.268 e. The van der Waals surface area contributed by atoms with Gasteiger partial charge in [0.2, 0.25) is 10.0 Å². The lowest BCUT2D eigenvalue weighted by atomic mass is 10.2. The van der Waals surface area contributed by atoms with Gasteiger partial charge in [-0.15, -0.1) is 11.3 Å². The Hall–Kier alpha value is -1.70. The molecule has 25 heavy (non-hydrogen) atoms. The fourth-order valence-electron chi connectivity index (χ4n) is 3.14. The largest absolute Gasteiger partial charge is 0.307 e. The van der Waals surface area contributed by atoms with Crippen LogP contribution < -0.4 is 4.90 Å². The lowest BCUT2D eigenvalue weighted by Crippen LogP contribution is -2.30. The number of benzene rings is 1. The van der Waals surface area contributed by atoms with E-state index in [1.54, 1.807) is 23.1 Å². The van der Waals surface area contributed by atoms with Crippen molar-refractivity contribution in [3.63, 3.8) is 0 Å². The predicted molar refractivity (Wildman–Crippen MR) is 101 cm³/mol. The first-order chi connectivity index (χ1) is 11.9. The Kier molecular flexibility index (Phi) is 4.99. The Morgan fingerprint density at radius 3 is 2.52 bits per heavy atom. The molecular weight excluding hydrogens is 356 g/mol. The van der Waals surface area contributed by atoms with Crippen molar-refractivity contribution in [2.24, 2.45) is 0 Å². The van der Waals surface area contributed by atoms with Crippen molar-refractivity contribution >= 4 is 33.0 Å². The first-order valence-electron chi connectivity index (χ1n) is 8.39. The molecule has 0 fully saturated rings. The molecule has 0 spiro atoms. The number of anilines is 1. The summed E-state index contributed by atoms with van der Waals surface area (Å²) in [7, 11) is -3.48. The molecular formula is C18H22N2O3S2. The second-order valence-electron chi connectivity index (χ2n) is 6.00. The van der Waals surface area contributed by atoms with Gasteiger partial charge in [-0.1, -0.05) is 13.8 Å². The van der Waals surface area contributed by atoms with Gasteiger partial charge in [0.25, 0.3) is 5.91 Å².